The summed E-state index contributed by atoms with van der Waals surface area (Å²) < 4.78 is 88.6. The van der Waals surface area contributed by atoms with E-state index in [0.717, 1.165) is 43.8 Å². The molecular formula is C24H25ClF6N2O3. The summed E-state index contributed by atoms with van der Waals surface area (Å²) in [6.07, 6.45) is -8.34. The number of rotatable bonds is 4. The van der Waals surface area contributed by atoms with Crippen LogP contribution in [0, 0.1) is 0 Å². The number of alkyl halides is 6. The van der Waals surface area contributed by atoms with E-state index in [1.165, 1.54) is 0 Å². The second-order valence-electron chi connectivity index (χ2n) is 8.81. The Morgan fingerprint density at radius 2 is 1.81 bits per heavy atom. The number of halogens is 7. The highest BCUT2D eigenvalue weighted by Crippen LogP contribution is 2.50. The fourth-order valence-corrected chi connectivity index (χ4v) is 5.00. The quantitative estimate of drug-likeness (QED) is 0.493. The molecule has 0 saturated carbocycles. The second kappa shape index (κ2) is 10.5. The van der Waals surface area contributed by atoms with E-state index in [1.54, 1.807) is 0 Å². The van der Waals surface area contributed by atoms with E-state index < -0.39 is 35.7 Å². The first-order valence-corrected chi connectivity index (χ1v) is 11.1. The molecule has 4 rings (SSSR count). The van der Waals surface area contributed by atoms with Crippen LogP contribution in [0.4, 0.5) is 32.0 Å². The molecule has 12 heteroatoms. The molecule has 0 bridgehead atoms. The van der Waals surface area contributed by atoms with E-state index in [0.29, 0.717) is 17.7 Å². The third-order valence-corrected chi connectivity index (χ3v) is 6.54. The molecule has 198 valence electrons. The SMILES string of the molecule is CN(C(=O)C(F)(F)F)c1ccc(OC(F)(F)F)c([C@H]2CO[C@]3(CCCN[C@H]3c3ccccc3)C2)c1.Cl. The number of anilines is 1. The van der Waals surface area contributed by atoms with Crippen molar-refractivity contribution in [1.82, 2.24) is 5.32 Å². The number of benzene rings is 2. The lowest BCUT2D eigenvalue weighted by molar-refractivity contribution is -0.275. The van der Waals surface area contributed by atoms with Gasteiger partial charge in [-0.25, -0.2) is 0 Å². The smallest absolute Gasteiger partial charge is 0.405 e. The van der Waals surface area contributed by atoms with Crippen LogP contribution >= 0.6 is 12.4 Å². The van der Waals surface area contributed by atoms with Gasteiger partial charge in [0, 0.05) is 24.2 Å². The molecule has 2 fully saturated rings. The maximum Gasteiger partial charge on any atom is 0.573 e. The fraction of sp³-hybridized carbons (Fsp3) is 0.458. The zero-order valence-electron chi connectivity index (χ0n) is 19.2. The molecule has 1 N–H and O–H groups in total. The van der Waals surface area contributed by atoms with Gasteiger partial charge in [0.05, 0.1) is 18.2 Å². The third kappa shape index (κ3) is 5.90. The summed E-state index contributed by atoms with van der Waals surface area (Å²) in [6.45, 7) is 0.803. The Labute approximate surface area is 210 Å². The number of carbonyl (C=O) groups is 1. The number of ether oxygens (including phenoxy) is 2. The standard InChI is InChI=1S/C24H24F6N2O3.ClH/c1-32(21(33)23(25,26)27)17-8-9-19(35-24(28,29)30)18(12-17)16-13-22(34-14-16)10-5-11-31-20(22)15-6-3-2-4-7-15;/h2-4,6-9,12,16,20,31H,5,10-11,13-14H2,1H3;1H/t16-,20+,22-;/m1./s1. The number of hydrogen-bond acceptors (Lipinski definition) is 4. The van der Waals surface area contributed by atoms with Gasteiger partial charge in [0.15, 0.2) is 0 Å². The van der Waals surface area contributed by atoms with Crippen molar-refractivity contribution in [2.45, 2.75) is 49.4 Å². The van der Waals surface area contributed by atoms with Gasteiger partial charge in [-0.1, -0.05) is 30.3 Å². The summed E-state index contributed by atoms with van der Waals surface area (Å²) in [5, 5.41) is 3.44. The van der Waals surface area contributed by atoms with Crippen LogP contribution in [0.1, 0.15) is 42.3 Å². The maximum atomic E-state index is 13.1. The Balaban J connectivity index is 0.00000361. The topological polar surface area (TPSA) is 50.8 Å². The van der Waals surface area contributed by atoms with Crippen LogP contribution in [0.25, 0.3) is 0 Å². The molecule has 36 heavy (non-hydrogen) atoms. The number of piperidine rings is 1. The van der Waals surface area contributed by atoms with Gasteiger partial charge in [-0.05, 0) is 49.6 Å². The van der Waals surface area contributed by atoms with E-state index in [9.17, 15) is 31.1 Å². The fourth-order valence-electron chi connectivity index (χ4n) is 5.00. The molecule has 0 unspecified atom stereocenters. The lowest BCUT2D eigenvalue weighted by atomic mass is 9.77. The molecule has 0 radical (unpaired) electrons. The van der Waals surface area contributed by atoms with Crippen molar-refractivity contribution < 1.29 is 40.6 Å². The minimum Gasteiger partial charge on any atom is -0.405 e. The van der Waals surface area contributed by atoms with Gasteiger partial charge in [0.2, 0.25) is 0 Å². The van der Waals surface area contributed by atoms with E-state index in [-0.39, 0.29) is 36.3 Å². The zero-order valence-corrected chi connectivity index (χ0v) is 20.0. The highest BCUT2D eigenvalue weighted by atomic mass is 35.5. The average Bonchev–Trinajstić information content (AvgIpc) is 3.21. The maximum absolute atomic E-state index is 13.1. The molecule has 0 aliphatic carbocycles. The first-order chi connectivity index (χ1) is 16.4. The normalized spacial score (nSPS) is 24.3. The Morgan fingerprint density at radius 3 is 2.44 bits per heavy atom. The average molecular weight is 539 g/mol. The molecule has 3 atom stereocenters. The van der Waals surface area contributed by atoms with Crippen LogP contribution < -0.4 is 15.0 Å². The van der Waals surface area contributed by atoms with Crippen LogP contribution in [0.15, 0.2) is 48.5 Å². The largest absolute Gasteiger partial charge is 0.573 e. The Bertz CT molecular complexity index is 1070. The molecule has 1 amide bonds. The Morgan fingerprint density at radius 1 is 1.11 bits per heavy atom. The van der Waals surface area contributed by atoms with E-state index >= 15 is 0 Å². The molecule has 5 nitrogen and oxygen atoms in total. The zero-order chi connectivity index (χ0) is 25.4. The molecule has 2 aliphatic heterocycles. The van der Waals surface area contributed by atoms with Crippen molar-refractivity contribution in [3.05, 3.63) is 59.7 Å². The number of hydrogen-bond donors (Lipinski definition) is 1. The van der Waals surface area contributed by atoms with Gasteiger partial charge in [-0.15, -0.1) is 25.6 Å². The first-order valence-electron chi connectivity index (χ1n) is 11.1. The molecule has 0 aromatic heterocycles. The van der Waals surface area contributed by atoms with E-state index in [4.69, 9.17) is 4.74 Å². The predicted molar refractivity (Wildman–Crippen MR) is 122 cm³/mol. The number of nitrogens with zero attached hydrogens (tertiary/aromatic N) is 1. The van der Waals surface area contributed by atoms with Crippen molar-refractivity contribution in [2.24, 2.45) is 0 Å². The van der Waals surface area contributed by atoms with Crippen LogP contribution in [0.5, 0.6) is 5.75 Å². The number of nitrogens with one attached hydrogen (secondary N) is 1. The van der Waals surface area contributed by atoms with Gasteiger partial charge in [0.1, 0.15) is 5.75 Å². The van der Waals surface area contributed by atoms with Crippen molar-refractivity contribution >= 4 is 24.0 Å². The van der Waals surface area contributed by atoms with Gasteiger partial charge in [0.25, 0.3) is 0 Å². The van der Waals surface area contributed by atoms with Crippen LogP contribution in [0.3, 0.4) is 0 Å². The lowest BCUT2D eigenvalue weighted by Crippen LogP contribution is -2.48. The highest BCUT2D eigenvalue weighted by Gasteiger charge is 2.49. The summed E-state index contributed by atoms with van der Waals surface area (Å²) in [5.41, 5.74) is 0.114. The van der Waals surface area contributed by atoms with Crippen LogP contribution in [-0.2, 0) is 9.53 Å². The van der Waals surface area contributed by atoms with E-state index in [1.807, 2.05) is 30.3 Å². The molecule has 2 aliphatic rings. The van der Waals surface area contributed by atoms with Gasteiger partial charge >= 0.3 is 18.4 Å². The van der Waals surface area contributed by atoms with Crippen LogP contribution in [0.2, 0.25) is 0 Å². The predicted octanol–water partition coefficient (Wildman–Crippen LogP) is 5.90. The van der Waals surface area contributed by atoms with Crippen molar-refractivity contribution in [1.29, 1.82) is 0 Å². The van der Waals surface area contributed by atoms with Crippen molar-refractivity contribution in [3.8, 4) is 5.75 Å². The summed E-state index contributed by atoms with van der Waals surface area (Å²) in [7, 11) is 0.919. The third-order valence-electron chi connectivity index (χ3n) is 6.54. The summed E-state index contributed by atoms with van der Waals surface area (Å²) in [6, 6.07) is 12.4. The highest BCUT2D eigenvalue weighted by molar-refractivity contribution is 5.97. The first kappa shape index (κ1) is 28.1. The summed E-state index contributed by atoms with van der Waals surface area (Å²) >= 11 is 0. The summed E-state index contributed by atoms with van der Waals surface area (Å²) in [4.78, 5) is 12.1. The molecule has 1 spiro atoms. The molecule has 2 heterocycles. The minimum absolute atomic E-state index is 0. The van der Waals surface area contributed by atoms with Gasteiger partial charge in [-0.3, -0.25) is 4.79 Å². The number of amides is 1. The van der Waals surface area contributed by atoms with Crippen molar-refractivity contribution in [3.63, 3.8) is 0 Å². The molecule has 2 aromatic carbocycles. The lowest BCUT2D eigenvalue weighted by Gasteiger charge is -2.41. The van der Waals surface area contributed by atoms with Gasteiger partial charge < -0.3 is 19.7 Å². The molecule has 2 aromatic rings. The van der Waals surface area contributed by atoms with Gasteiger partial charge in [-0.2, -0.15) is 13.2 Å². The molecular weight excluding hydrogens is 514 g/mol. The number of carbonyl (C=O) groups excluding carboxylic acids is 1. The Hall–Kier alpha value is -2.50. The second-order valence-corrected chi connectivity index (χ2v) is 8.81. The Kier molecular flexibility index (Phi) is 8.17. The summed E-state index contributed by atoms with van der Waals surface area (Å²) in [5.74, 6) is -3.25. The molecule has 2 saturated heterocycles. The minimum atomic E-state index is -5.13. The van der Waals surface area contributed by atoms with Crippen LogP contribution in [-0.4, -0.2) is 44.2 Å². The monoisotopic (exact) mass is 538 g/mol. The van der Waals surface area contributed by atoms with E-state index in [2.05, 4.69) is 10.1 Å². The van der Waals surface area contributed by atoms with Crippen molar-refractivity contribution in [2.75, 3.05) is 25.1 Å².